The standard InChI is InChI=1S/C12H24N2/c1-3-11(2)14-8-4-5-12(10-14)6-7-13-9-12/h11,13H,3-10H2,1-2H3. The number of hydrogen-bond donors (Lipinski definition) is 1. The van der Waals surface area contributed by atoms with Gasteiger partial charge in [0.2, 0.25) is 0 Å². The van der Waals surface area contributed by atoms with Gasteiger partial charge in [-0.25, -0.2) is 0 Å². The molecular formula is C12H24N2. The lowest BCUT2D eigenvalue weighted by molar-refractivity contribution is 0.0720. The lowest BCUT2D eigenvalue weighted by atomic mass is 9.79. The molecule has 82 valence electrons. The Labute approximate surface area is 88.1 Å². The Hall–Kier alpha value is -0.0800. The number of piperidine rings is 1. The maximum absolute atomic E-state index is 3.53. The molecule has 1 spiro atoms. The number of hydrogen-bond acceptors (Lipinski definition) is 2. The molecule has 0 aromatic rings. The second kappa shape index (κ2) is 4.19. The van der Waals surface area contributed by atoms with Gasteiger partial charge in [0.05, 0.1) is 0 Å². The van der Waals surface area contributed by atoms with Gasteiger partial charge < -0.3 is 10.2 Å². The van der Waals surface area contributed by atoms with Crippen molar-refractivity contribution >= 4 is 0 Å². The SMILES string of the molecule is CCC(C)N1CCCC2(CCNC2)C1. The minimum absolute atomic E-state index is 0.641. The summed E-state index contributed by atoms with van der Waals surface area (Å²) in [5, 5.41) is 3.53. The van der Waals surface area contributed by atoms with Gasteiger partial charge >= 0.3 is 0 Å². The summed E-state index contributed by atoms with van der Waals surface area (Å²) in [6.07, 6.45) is 5.56. The van der Waals surface area contributed by atoms with Crippen molar-refractivity contribution in [2.45, 2.75) is 45.6 Å². The van der Waals surface area contributed by atoms with Gasteiger partial charge in [0, 0.05) is 19.1 Å². The molecule has 2 heteroatoms. The number of rotatable bonds is 2. The van der Waals surface area contributed by atoms with Crippen LogP contribution in [0.25, 0.3) is 0 Å². The maximum Gasteiger partial charge on any atom is 0.00645 e. The molecule has 2 nitrogen and oxygen atoms in total. The van der Waals surface area contributed by atoms with Crippen molar-refractivity contribution in [1.29, 1.82) is 0 Å². The molecular weight excluding hydrogens is 172 g/mol. The molecule has 2 rings (SSSR count). The molecule has 2 aliphatic rings. The first-order valence-corrected chi connectivity index (χ1v) is 6.20. The highest BCUT2D eigenvalue weighted by Gasteiger charge is 2.38. The van der Waals surface area contributed by atoms with E-state index in [9.17, 15) is 0 Å². The van der Waals surface area contributed by atoms with Crippen LogP contribution in [0.5, 0.6) is 0 Å². The molecule has 2 heterocycles. The van der Waals surface area contributed by atoms with Crippen molar-refractivity contribution in [1.82, 2.24) is 10.2 Å². The zero-order valence-corrected chi connectivity index (χ0v) is 9.68. The molecule has 2 aliphatic heterocycles. The van der Waals surface area contributed by atoms with Crippen molar-refractivity contribution in [3.63, 3.8) is 0 Å². The Morgan fingerprint density at radius 2 is 2.29 bits per heavy atom. The highest BCUT2D eigenvalue weighted by atomic mass is 15.2. The van der Waals surface area contributed by atoms with E-state index in [1.54, 1.807) is 0 Å². The van der Waals surface area contributed by atoms with Gasteiger partial charge in [-0.05, 0) is 51.1 Å². The van der Waals surface area contributed by atoms with Gasteiger partial charge in [-0.2, -0.15) is 0 Å². The molecule has 2 unspecified atom stereocenters. The van der Waals surface area contributed by atoms with Gasteiger partial charge in [0.15, 0.2) is 0 Å². The summed E-state index contributed by atoms with van der Waals surface area (Å²) in [5.41, 5.74) is 0.641. The fourth-order valence-electron chi connectivity index (χ4n) is 3.02. The second-order valence-corrected chi connectivity index (χ2v) is 5.26. The van der Waals surface area contributed by atoms with E-state index in [-0.39, 0.29) is 0 Å². The first kappa shape index (κ1) is 10.4. The third-order valence-corrected chi connectivity index (χ3v) is 4.24. The summed E-state index contributed by atoms with van der Waals surface area (Å²) in [4.78, 5) is 2.70. The Kier molecular flexibility index (Phi) is 3.13. The predicted octanol–water partition coefficient (Wildman–Crippen LogP) is 1.86. The normalized spacial score (nSPS) is 36.4. The maximum atomic E-state index is 3.53. The predicted molar refractivity (Wildman–Crippen MR) is 60.5 cm³/mol. The molecule has 0 aromatic carbocycles. The van der Waals surface area contributed by atoms with Crippen LogP contribution in [0.4, 0.5) is 0 Å². The third-order valence-electron chi connectivity index (χ3n) is 4.24. The third kappa shape index (κ3) is 1.96. The number of nitrogens with one attached hydrogen (secondary N) is 1. The van der Waals surface area contributed by atoms with Crippen LogP contribution in [0.2, 0.25) is 0 Å². The average molecular weight is 196 g/mol. The van der Waals surface area contributed by atoms with Crippen LogP contribution in [-0.4, -0.2) is 37.1 Å². The number of likely N-dealkylation sites (tertiary alicyclic amines) is 1. The van der Waals surface area contributed by atoms with Crippen molar-refractivity contribution in [3.8, 4) is 0 Å². The van der Waals surface area contributed by atoms with E-state index < -0.39 is 0 Å². The molecule has 2 saturated heterocycles. The van der Waals surface area contributed by atoms with Gasteiger partial charge in [-0.3, -0.25) is 0 Å². The van der Waals surface area contributed by atoms with Crippen LogP contribution >= 0.6 is 0 Å². The molecule has 1 N–H and O–H groups in total. The quantitative estimate of drug-likeness (QED) is 0.725. The lowest BCUT2D eigenvalue weighted by Crippen LogP contribution is -2.47. The van der Waals surface area contributed by atoms with Gasteiger partial charge in [0.25, 0.3) is 0 Å². The monoisotopic (exact) mass is 196 g/mol. The highest BCUT2D eigenvalue weighted by Crippen LogP contribution is 2.36. The van der Waals surface area contributed by atoms with Crippen LogP contribution in [0.1, 0.15) is 39.5 Å². The van der Waals surface area contributed by atoms with Crippen LogP contribution in [0.15, 0.2) is 0 Å². The first-order valence-electron chi connectivity index (χ1n) is 6.20. The van der Waals surface area contributed by atoms with Crippen LogP contribution in [-0.2, 0) is 0 Å². The summed E-state index contributed by atoms with van der Waals surface area (Å²) in [6, 6.07) is 0.785. The van der Waals surface area contributed by atoms with Crippen molar-refractivity contribution in [2.24, 2.45) is 5.41 Å². The zero-order valence-electron chi connectivity index (χ0n) is 9.68. The zero-order chi connectivity index (χ0) is 10.0. The molecule has 0 saturated carbocycles. The van der Waals surface area contributed by atoms with E-state index in [0.717, 1.165) is 6.04 Å². The van der Waals surface area contributed by atoms with E-state index in [2.05, 4.69) is 24.1 Å². The van der Waals surface area contributed by atoms with E-state index in [1.165, 1.54) is 51.9 Å². The molecule has 0 bridgehead atoms. The Morgan fingerprint density at radius 3 is 2.93 bits per heavy atom. The fraction of sp³-hybridized carbons (Fsp3) is 1.00. The summed E-state index contributed by atoms with van der Waals surface area (Å²) < 4.78 is 0. The van der Waals surface area contributed by atoms with Crippen molar-refractivity contribution in [2.75, 3.05) is 26.2 Å². The fourth-order valence-corrected chi connectivity index (χ4v) is 3.02. The second-order valence-electron chi connectivity index (χ2n) is 5.26. The first-order chi connectivity index (χ1) is 6.76. The topological polar surface area (TPSA) is 15.3 Å². The van der Waals surface area contributed by atoms with E-state index >= 15 is 0 Å². The molecule has 0 aromatic heterocycles. The number of nitrogens with zero attached hydrogens (tertiary/aromatic N) is 1. The molecule has 0 radical (unpaired) electrons. The van der Waals surface area contributed by atoms with E-state index in [4.69, 9.17) is 0 Å². The summed E-state index contributed by atoms with van der Waals surface area (Å²) in [7, 11) is 0. The van der Waals surface area contributed by atoms with E-state index in [0.29, 0.717) is 5.41 Å². The minimum atomic E-state index is 0.641. The van der Waals surface area contributed by atoms with Gasteiger partial charge in [0.1, 0.15) is 0 Å². The molecule has 14 heavy (non-hydrogen) atoms. The molecule has 2 atom stereocenters. The summed E-state index contributed by atoms with van der Waals surface area (Å²) in [5.74, 6) is 0. The molecule has 2 fully saturated rings. The van der Waals surface area contributed by atoms with Gasteiger partial charge in [-0.1, -0.05) is 6.92 Å². The molecule has 0 amide bonds. The largest absolute Gasteiger partial charge is 0.316 e. The van der Waals surface area contributed by atoms with Crippen LogP contribution in [0, 0.1) is 5.41 Å². The highest BCUT2D eigenvalue weighted by molar-refractivity contribution is 4.94. The Morgan fingerprint density at radius 1 is 1.43 bits per heavy atom. The smallest absolute Gasteiger partial charge is 0.00645 e. The van der Waals surface area contributed by atoms with Gasteiger partial charge in [-0.15, -0.1) is 0 Å². The van der Waals surface area contributed by atoms with E-state index in [1.807, 2.05) is 0 Å². The van der Waals surface area contributed by atoms with Crippen LogP contribution < -0.4 is 5.32 Å². The average Bonchev–Trinajstić information content (AvgIpc) is 2.65. The van der Waals surface area contributed by atoms with Crippen molar-refractivity contribution in [3.05, 3.63) is 0 Å². The Balaban J connectivity index is 1.96. The summed E-state index contributed by atoms with van der Waals surface area (Å²) >= 11 is 0. The molecule has 0 aliphatic carbocycles. The van der Waals surface area contributed by atoms with Crippen LogP contribution in [0.3, 0.4) is 0 Å². The van der Waals surface area contributed by atoms with Crippen molar-refractivity contribution < 1.29 is 0 Å². The minimum Gasteiger partial charge on any atom is -0.316 e. The Bertz CT molecular complexity index is 185. The summed E-state index contributed by atoms with van der Waals surface area (Å²) in [6.45, 7) is 9.86. The lowest BCUT2D eigenvalue weighted by Gasteiger charge is -2.42.